The molecule has 1 saturated heterocycles. The van der Waals surface area contributed by atoms with Gasteiger partial charge in [0.15, 0.2) is 28.6 Å². The number of hydrogen-bond donors (Lipinski definition) is 3. The molecule has 1 atom stereocenters. The maximum absolute atomic E-state index is 13.7. The molecule has 332 valence electrons. The minimum absolute atomic E-state index is 0. The van der Waals surface area contributed by atoms with Crippen molar-refractivity contribution in [3.63, 3.8) is 0 Å². The molecular weight excluding hydrogens is 813 g/mol. The summed E-state index contributed by atoms with van der Waals surface area (Å²) in [5.41, 5.74) is 3.62. The quantitative estimate of drug-likeness (QED) is 0.131. The van der Waals surface area contributed by atoms with Crippen LogP contribution in [0.4, 0.5) is 8.78 Å². The van der Waals surface area contributed by atoms with Crippen LogP contribution < -0.4 is 6.15 Å². The molecule has 0 bridgehead atoms. The Balaban J connectivity index is 0.000000211. The summed E-state index contributed by atoms with van der Waals surface area (Å²) >= 11 is 0. The van der Waals surface area contributed by atoms with Crippen molar-refractivity contribution in [2.45, 2.75) is 103 Å². The van der Waals surface area contributed by atoms with Gasteiger partial charge in [-0.05, 0) is 99.9 Å². The fraction of sp³-hybridized carbons (Fsp3) is 0.426. The number of carbonyl (C=O) groups excluding carboxylic acids is 2. The molecule has 16 heteroatoms. The molecule has 0 unspecified atom stereocenters. The van der Waals surface area contributed by atoms with Crippen LogP contribution in [0, 0.1) is 17.0 Å². The molecule has 3 aliphatic rings. The number of carboxylic acids is 1. The third-order valence-corrected chi connectivity index (χ3v) is 12.1. The number of piperazine rings is 1. The van der Waals surface area contributed by atoms with Gasteiger partial charge in [0.1, 0.15) is 28.8 Å². The number of halogens is 2. The van der Waals surface area contributed by atoms with Gasteiger partial charge in [-0.2, -0.15) is 0 Å². The van der Waals surface area contributed by atoms with E-state index >= 15 is 0 Å². The smallest absolute Gasteiger partial charge is 0.371 e. The van der Waals surface area contributed by atoms with Gasteiger partial charge >= 0.3 is 5.97 Å². The Labute approximate surface area is 363 Å². The monoisotopic (exact) mass is 865 g/mol. The molecule has 2 aromatic carbocycles. The van der Waals surface area contributed by atoms with E-state index in [4.69, 9.17) is 18.9 Å². The molecule has 2 aliphatic carbocycles. The van der Waals surface area contributed by atoms with Gasteiger partial charge in [-0.1, -0.05) is 34.6 Å². The van der Waals surface area contributed by atoms with E-state index in [9.17, 15) is 28.3 Å². The zero-order valence-electron chi connectivity index (χ0n) is 36.6. The van der Waals surface area contributed by atoms with Crippen LogP contribution >= 0.6 is 0 Å². The predicted octanol–water partition coefficient (Wildman–Crippen LogP) is 8.88. The summed E-state index contributed by atoms with van der Waals surface area (Å²) in [6.45, 7) is 14.9. The molecule has 4 aromatic heterocycles. The second-order valence-corrected chi connectivity index (χ2v) is 19.2. The Morgan fingerprint density at radius 1 is 0.730 bits per heavy atom. The number of carboxylic acid groups (broad SMARTS) is 1. The SMILES string of the molecule is CC(C)(C)C[C@@H](O)C(=O)N1CCN(C(=O)c2cc3nc(-c4ccc(F)cc4)nc(C4(C)CC4)c3o2)C(C)(C)C1.CC1(c2nc(-c3ccc(F)cc3)nc3cc(C(=O)O)oc23)CC1.N. The van der Waals surface area contributed by atoms with E-state index in [1.54, 1.807) is 40.1 Å². The van der Waals surface area contributed by atoms with Crippen LogP contribution in [0.15, 0.2) is 69.5 Å². The third kappa shape index (κ3) is 9.18. The first-order valence-corrected chi connectivity index (χ1v) is 20.8. The van der Waals surface area contributed by atoms with Crippen LogP contribution in [0.2, 0.25) is 0 Å². The zero-order chi connectivity index (χ0) is 44.5. The molecule has 9 rings (SSSR count). The van der Waals surface area contributed by atoms with Crippen LogP contribution in [-0.4, -0.2) is 89.0 Å². The van der Waals surface area contributed by atoms with Crippen LogP contribution in [0.5, 0.6) is 0 Å². The molecule has 6 aromatic rings. The van der Waals surface area contributed by atoms with E-state index in [-0.39, 0.29) is 57.4 Å². The lowest BCUT2D eigenvalue weighted by molar-refractivity contribution is -0.145. The number of carbonyl (C=O) groups is 3. The van der Waals surface area contributed by atoms with E-state index in [1.807, 2.05) is 34.6 Å². The van der Waals surface area contributed by atoms with Crippen molar-refractivity contribution in [2.75, 3.05) is 19.6 Å². The number of rotatable bonds is 8. The Bertz CT molecular complexity index is 2720. The second-order valence-electron chi connectivity index (χ2n) is 19.2. The number of nitrogens with zero attached hydrogens (tertiary/aromatic N) is 6. The molecule has 3 fully saturated rings. The Hall–Kier alpha value is -6.13. The van der Waals surface area contributed by atoms with Crippen LogP contribution in [0.25, 0.3) is 45.0 Å². The standard InChI is InChI=1S/C30H37FN4O4.C17H13FN2O3.H3N/c1-28(2,3)16-21(36)26(37)34-13-14-35(29(4,5)17-34)27(38)22-15-20-23(39-22)24(30(6)11-12-30)33-25(32-20)18-7-9-19(31)10-8-18;1-17(6-7-17)14-13-11(8-12(23-13)16(21)22)19-15(20-14)9-2-4-10(18)5-3-9;/h7-10,15,21,36H,11-14,16-17H2,1-6H3;2-5,8H,6-7H2,1H3,(H,21,22);1H3/t21-;;/m1../s1. The summed E-state index contributed by atoms with van der Waals surface area (Å²) in [7, 11) is 0. The van der Waals surface area contributed by atoms with Crippen LogP contribution in [0.1, 0.15) is 113 Å². The maximum atomic E-state index is 13.7. The number of aliphatic hydroxyl groups excluding tert-OH is 1. The van der Waals surface area contributed by atoms with E-state index in [1.165, 1.54) is 30.3 Å². The van der Waals surface area contributed by atoms with Gasteiger partial charge in [0.05, 0.1) is 16.9 Å². The van der Waals surface area contributed by atoms with Crippen LogP contribution in [-0.2, 0) is 15.6 Å². The zero-order valence-corrected chi connectivity index (χ0v) is 36.6. The molecule has 1 aliphatic heterocycles. The fourth-order valence-corrected chi connectivity index (χ4v) is 7.92. The minimum Gasteiger partial charge on any atom is -0.475 e. The van der Waals surface area contributed by atoms with E-state index in [0.29, 0.717) is 76.7 Å². The molecule has 2 saturated carbocycles. The average Bonchev–Trinajstić information content (AvgIpc) is 4.03. The number of fused-ring (bicyclic) bond motifs is 2. The first-order valence-electron chi connectivity index (χ1n) is 20.8. The average molecular weight is 866 g/mol. The molecule has 63 heavy (non-hydrogen) atoms. The van der Waals surface area contributed by atoms with Gasteiger partial charge < -0.3 is 35.0 Å². The number of furan rings is 2. The normalized spacial score (nSPS) is 17.7. The maximum Gasteiger partial charge on any atom is 0.371 e. The highest BCUT2D eigenvalue weighted by atomic mass is 19.1. The van der Waals surface area contributed by atoms with Crippen molar-refractivity contribution in [1.82, 2.24) is 35.9 Å². The highest BCUT2D eigenvalue weighted by Crippen LogP contribution is 2.50. The van der Waals surface area contributed by atoms with E-state index in [0.717, 1.165) is 31.4 Å². The minimum atomic E-state index is -1.14. The Morgan fingerprint density at radius 3 is 1.59 bits per heavy atom. The molecule has 5 heterocycles. The summed E-state index contributed by atoms with van der Waals surface area (Å²) in [5.74, 6) is -1.48. The number of aliphatic hydroxyl groups is 1. The molecular formula is C47H53F2N7O7. The Morgan fingerprint density at radius 2 is 1.17 bits per heavy atom. The lowest BCUT2D eigenvalue weighted by atomic mass is 9.88. The van der Waals surface area contributed by atoms with Gasteiger partial charge in [0.25, 0.3) is 11.8 Å². The number of aromatic nitrogens is 4. The topological polar surface area (TPSA) is 211 Å². The van der Waals surface area contributed by atoms with Gasteiger partial charge in [0, 0.05) is 53.7 Å². The molecule has 14 nitrogen and oxygen atoms in total. The lowest BCUT2D eigenvalue weighted by Crippen LogP contribution is -2.63. The number of aromatic carboxylic acids is 1. The van der Waals surface area contributed by atoms with Crippen molar-refractivity contribution >= 4 is 40.0 Å². The third-order valence-electron chi connectivity index (χ3n) is 12.1. The van der Waals surface area contributed by atoms with Gasteiger partial charge in [0.2, 0.25) is 5.76 Å². The summed E-state index contributed by atoms with van der Waals surface area (Å²) in [5, 5.41) is 19.6. The van der Waals surface area contributed by atoms with Crippen molar-refractivity contribution in [3.8, 4) is 22.8 Å². The van der Waals surface area contributed by atoms with Crippen molar-refractivity contribution < 1.29 is 42.2 Å². The van der Waals surface area contributed by atoms with Gasteiger partial charge in [-0.15, -0.1) is 0 Å². The number of hydrogen-bond acceptors (Lipinski definition) is 11. The molecule has 0 radical (unpaired) electrons. The number of benzene rings is 2. The summed E-state index contributed by atoms with van der Waals surface area (Å²) in [6.07, 6.45) is 3.13. The summed E-state index contributed by atoms with van der Waals surface area (Å²) in [4.78, 5) is 59.7. The van der Waals surface area contributed by atoms with Crippen LogP contribution in [0.3, 0.4) is 0 Å². The summed E-state index contributed by atoms with van der Waals surface area (Å²) in [6, 6.07) is 15.0. The summed E-state index contributed by atoms with van der Waals surface area (Å²) < 4.78 is 38.2. The fourth-order valence-electron chi connectivity index (χ4n) is 7.92. The molecule has 0 spiro atoms. The highest BCUT2D eigenvalue weighted by Gasteiger charge is 2.46. The molecule has 5 N–H and O–H groups in total. The largest absolute Gasteiger partial charge is 0.475 e. The van der Waals surface area contributed by atoms with Crippen molar-refractivity contribution in [2.24, 2.45) is 5.41 Å². The molecule has 2 amide bonds. The highest BCUT2D eigenvalue weighted by molar-refractivity contribution is 5.97. The second kappa shape index (κ2) is 16.2. The number of amides is 2. The lowest BCUT2D eigenvalue weighted by Gasteiger charge is -2.47. The predicted molar refractivity (Wildman–Crippen MR) is 231 cm³/mol. The van der Waals surface area contributed by atoms with Crippen molar-refractivity contribution in [1.29, 1.82) is 0 Å². The van der Waals surface area contributed by atoms with E-state index in [2.05, 4.69) is 28.8 Å². The van der Waals surface area contributed by atoms with E-state index < -0.39 is 17.6 Å². The Kier molecular flexibility index (Phi) is 11.6. The van der Waals surface area contributed by atoms with Gasteiger partial charge in [-0.25, -0.2) is 33.5 Å². The van der Waals surface area contributed by atoms with Gasteiger partial charge in [-0.3, -0.25) is 9.59 Å². The van der Waals surface area contributed by atoms with Crippen molar-refractivity contribution in [3.05, 3.63) is 95.2 Å². The first kappa shape index (κ1) is 44.9. The first-order chi connectivity index (χ1) is 29.1.